The van der Waals surface area contributed by atoms with Crippen molar-refractivity contribution in [3.63, 3.8) is 0 Å². The predicted octanol–water partition coefficient (Wildman–Crippen LogP) is 2.08. The van der Waals surface area contributed by atoms with Crippen LogP contribution in [0.2, 0.25) is 0 Å². The highest BCUT2D eigenvalue weighted by molar-refractivity contribution is 6.07. The summed E-state index contributed by atoms with van der Waals surface area (Å²) >= 11 is 0. The SMILES string of the molecule is CCN1C(=O)C2CC=C3C(CC4C(=O)N(CC)C(=O)C4C3c3ccc(OC)c(O)c3)C2C1=O. The van der Waals surface area contributed by atoms with Gasteiger partial charge in [-0.3, -0.25) is 29.0 Å². The van der Waals surface area contributed by atoms with Crippen LogP contribution >= 0.6 is 0 Å². The number of ether oxygens (including phenoxy) is 1. The molecule has 5 rings (SSSR count). The number of phenolic OH excluding ortho intramolecular Hbond substituents is 1. The second-order valence-electron chi connectivity index (χ2n) is 9.30. The minimum absolute atomic E-state index is 0.0450. The zero-order valence-electron chi connectivity index (χ0n) is 19.0. The molecule has 1 aromatic rings. The first-order chi connectivity index (χ1) is 15.8. The average molecular weight is 453 g/mol. The molecule has 33 heavy (non-hydrogen) atoms. The van der Waals surface area contributed by atoms with Gasteiger partial charge >= 0.3 is 0 Å². The number of carbonyl (C=O) groups is 4. The van der Waals surface area contributed by atoms with E-state index < -0.39 is 29.6 Å². The molecule has 4 amide bonds. The monoisotopic (exact) mass is 452 g/mol. The lowest BCUT2D eigenvalue weighted by molar-refractivity contribution is -0.141. The Balaban J connectivity index is 1.64. The van der Waals surface area contributed by atoms with E-state index >= 15 is 0 Å². The summed E-state index contributed by atoms with van der Waals surface area (Å²) in [6.45, 7) is 4.19. The second-order valence-corrected chi connectivity index (χ2v) is 9.30. The van der Waals surface area contributed by atoms with Crippen molar-refractivity contribution < 1.29 is 29.0 Å². The number of phenols is 1. The Morgan fingerprint density at radius 2 is 1.55 bits per heavy atom. The number of amides is 4. The first kappa shape index (κ1) is 21.7. The fourth-order valence-corrected chi connectivity index (χ4v) is 6.62. The Bertz CT molecular complexity index is 1090. The molecule has 0 aromatic heterocycles. The van der Waals surface area contributed by atoms with E-state index in [9.17, 15) is 24.3 Å². The van der Waals surface area contributed by atoms with Gasteiger partial charge in [-0.2, -0.15) is 0 Å². The van der Waals surface area contributed by atoms with Gasteiger partial charge in [0.05, 0.1) is 30.8 Å². The van der Waals surface area contributed by atoms with E-state index in [0.29, 0.717) is 37.2 Å². The van der Waals surface area contributed by atoms with Gasteiger partial charge in [0.25, 0.3) is 0 Å². The van der Waals surface area contributed by atoms with Crippen molar-refractivity contribution in [3.05, 3.63) is 35.4 Å². The molecule has 1 saturated carbocycles. The molecular weight excluding hydrogens is 424 g/mol. The van der Waals surface area contributed by atoms with Crippen molar-refractivity contribution in [2.45, 2.75) is 32.6 Å². The maximum atomic E-state index is 13.4. The second kappa shape index (κ2) is 7.71. The summed E-state index contributed by atoms with van der Waals surface area (Å²) < 4.78 is 5.18. The summed E-state index contributed by atoms with van der Waals surface area (Å²) in [5.41, 5.74) is 1.64. The van der Waals surface area contributed by atoms with Crippen molar-refractivity contribution in [1.82, 2.24) is 9.80 Å². The van der Waals surface area contributed by atoms with Crippen LogP contribution in [-0.4, -0.2) is 58.7 Å². The fraction of sp³-hybridized carbons (Fsp3) is 0.520. The Morgan fingerprint density at radius 1 is 0.909 bits per heavy atom. The van der Waals surface area contributed by atoms with Crippen LogP contribution in [0, 0.1) is 29.6 Å². The lowest BCUT2D eigenvalue weighted by Gasteiger charge is -2.44. The molecule has 3 fully saturated rings. The van der Waals surface area contributed by atoms with E-state index in [4.69, 9.17) is 4.74 Å². The highest BCUT2D eigenvalue weighted by Crippen LogP contribution is 2.58. The van der Waals surface area contributed by atoms with Gasteiger partial charge in [-0.15, -0.1) is 0 Å². The molecule has 2 aliphatic carbocycles. The molecule has 8 heteroatoms. The van der Waals surface area contributed by atoms with Crippen LogP contribution in [0.5, 0.6) is 11.5 Å². The highest BCUT2D eigenvalue weighted by Gasteiger charge is 2.61. The number of imide groups is 2. The molecule has 1 aromatic carbocycles. The van der Waals surface area contributed by atoms with E-state index in [0.717, 1.165) is 5.57 Å². The van der Waals surface area contributed by atoms with Crippen molar-refractivity contribution in [3.8, 4) is 11.5 Å². The van der Waals surface area contributed by atoms with Crippen LogP contribution in [0.4, 0.5) is 0 Å². The van der Waals surface area contributed by atoms with Gasteiger partial charge in [0.15, 0.2) is 11.5 Å². The van der Waals surface area contributed by atoms with Crippen LogP contribution in [0.1, 0.15) is 38.2 Å². The topological polar surface area (TPSA) is 104 Å². The smallest absolute Gasteiger partial charge is 0.234 e. The predicted molar refractivity (Wildman–Crippen MR) is 117 cm³/mol. The number of likely N-dealkylation sites (tertiary alicyclic amines) is 2. The standard InChI is InChI=1S/C25H28N2O6/c1-4-26-22(29)14-8-7-13-15(20(14)24(26)31)11-16-21(25(32)27(5-2)23(16)30)19(13)12-6-9-18(33-3)17(28)10-12/h6-7,9-10,14-16,19-21,28H,4-5,8,11H2,1-3H3. The van der Waals surface area contributed by atoms with Crippen LogP contribution < -0.4 is 4.74 Å². The number of benzene rings is 1. The lowest BCUT2D eigenvalue weighted by Crippen LogP contribution is -2.43. The molecule has 8 nitrogen and oxygen atoms in total. The Hall–Kier alpha value is -3.16. The van der Waals surface area contributed by atoms with Crippen LogP contribution in [0.25, 0.3) is 0 Å². The minimum Gasteiger partial charge on any atom is -0.504 e. The lowest BCUT2D eigenvalue weighted by atomic mass is 9.57. The van der Waals surface area contributed by atoms with Crippen molar-refractivity contribution in [2.24, 2.45) is 29.6 Å². The Labute approximate surface area is 192 Å². The normalized spacial score (nSPS) is 33.1. The number of hydrogen-bond donors (Lipinski definition) is 1. The van der Waals surface area contributed by atoms with E-state index in [1.165, 1.54) is 16.9 Å². The zero-order chi connectivity index (χ0) is 23.6. The molecule has 2 aliphatic heterocycles. The summed E-state index contributed by atoms with van der Waals surface area (Å²) in [6.07, 6.45) is 2.83. The summed E-state index contributed by atoms with van der Waals surface area (Å²) in [5, 5.41) is 10.5. The number of fused-ring (bicyclic) bond motifs is 4. The van der Waals surface area contributed by atoms with Crippen LogP contribution in [0.3, 0.4) is 0 Å². The first-order valence-corrected chi connectivity index (χ1v) is 11.6. The van der Waals surface area contributed by atoms with E-state index in [1.54, 1.807) is 26.0 Å². The van der Waals surface area contributed by atoms with E-state index in [1.807, 2.05) is 12.1 Å². The number of methoxy groups -OCH3 is 1. The maximum absolute atomic E-state index is 13.4. The molecule has 1 N–H and O–H groups in total. The highest BCUT2D eigenvalue weighted by atomic mass is 16.5. The first-order valence-electron chi connectivity index (χ1n) is 11.6. The molecule has 2 heterocycles. The summed E-state index contributed by atoms with van der Waals surface area (Å²) in [7, 11) is 1.46. The molecule has 0 radical (unpaired) electrons. The largest absolute Gasteiger partial charge is 0.504 e. The Morgan fingerprint density at radius 3 is 2.15 bits per heavy atom. The third-order valence-corrected chi connectivity index (χ3v) is 8.03. The maximum Gasteiger partial charge on any atom is 0.234 e. The van der Waals surface area contributed by atoms with E-state index in [2.05, 4.69) is 0 Å². The van der Waals surface area contributed by atoms with Gasteiger partial charge in [-0.1, -0.05) is 17.7 Å². The van der Waals surface area contributed by atoms with Gasteiger partial charge in [0, 0.05) is 19.0 Å². The molecule has 4 aliphatic rings. The van der Waals surface area contributed by atoms with Gasteiger partial charge < -0.3 is 9.84 Å². The van der Waals surface area contributed by atoms with Crippen molar-refractivity contribution in [1.29, 1.82) is 0 Å². The van der Waals surface area contributed by atoms with Gasteiger partial charge in [0.2, 0.25) is 23.6 Å². The van der Waals surface area contributed by atoms with Crippen molar-refractivity contribution in [2.75, 3.05) is 20.2 Å². The number of aromatic hydroxyl groups is 1. The quantitative estimate of drug-likeness (QED) is 0.554. The number of hydrogen-bond acceptors (Lipinski definition) is 6. The third kappa shape index (κ3) is 2.89. The number of nitrogens with zero attached hydrogens (tertiary/aromatic N) is 2. The molecule has 174 valence electrons. The molecule has 2 saturated heterocycles. The number of rotatable bonds is 4. The summed E-state index contributed by atoms with van der Waals surface area (Å²) in [6, 6.07) is 5.04. The number of allylic oxidation sites excluding steroid dienone is 2. The zero-order valence-corrected chi connectivity index (χ0v) is 19.0. The van der Waals surface area contributed by atoms with Gasteiger partial charge in [0.1, 0.15) is 0 Å². The average Bonchev–Trinajstić information content (AvgIpc) is 3.20. The van der Waals surface area contributed by atoms with E-state index in [-0.39, 0.29) is 35.3 Å². The van der Waals surface area contributed by atoms with Crippen LogP contribution in [-0.2, 0) is 19.2 Å². The third-order valence-electron chi connectivity index (χ3n) is 8.03. The fourth-order valence-electron chi connectivity index (χ4n) is 6.62. The minimum atomic E-state index is -0.584. The number of carbonyl (C=O) groups excluding carboxylic acids is 4. The summed E-state index contributed by atoms with van der Waals surface area (Å²) in [5.74, 6) is -3.26. The molecule has 6 unspecified atom stereocenters. The van der Waals surface area contributed by atoms with Gasteiger partial charge in [-0.05, 0) is 50.3 Å². The summed E-state index contributed by atoms with van der Waals surface area (Å²) in [4.78, 5) is 55.3. The molecule has 0 spiro atoms. The Kier molecular flexibility index (Phi) is 5.06. The van der Waals surface area contributed by atoms with Crippen molar-refractivity contribution >= 4 is 23.6 Å². The van der Waals surface area contributed by atoms with Gasteiger partial charge in [-0.25, -0.2) is 0 Å². The molecule has 0 bridgehead atoms. The molecular formula is C25H28N2O6. The van der Waals surface area contributed by atoms with Crippen LogP contribution in [0.15, 0.2) is 29.8 Å². The molecule has 6 atom stereocenters.